The summed E-state index contributed by atoms with van der Waals surface area (Å²) in [5.41, 5.74) is 0.765. The predicted molar refractivity (Wildman–Crippen MR) is 92.7 cm³/mol. The molecule has 0 saturated heterocycles. The lowest BCUT2D eigenvalue weighted by molar-refractivity contribution is -0.154. The van der Waals surface area contributed by atoms with Crippen molar-refractivity contribution in [2.75, 3.05) is 0 Å². The Morgan fingerprint density at radius 3 is 2.52 bits per heavy atom. The van der Waals surface area contributed by atoms with E-state index >= 15 is 0 Å². The average molecular weight is 344 g/mol. The van der Waals surface area contributed by atoms with E-state index in [0.717, 1.165) is 37.7 Å². The molecule has 6 atom stereocenters. The highest BCUT2D eigenvalue weighted by molar-refractivity contribution is 5.92. The number of esters is 1. The van der Waals surface area contributed by atoms with Crippen LogP contribution in [-0.4, -0.2) is 23.6 Å². The van der Waals surface area contributed by atoms with Gasteiger partial charge in [0.2, 0.25) is 0 Å². The Hall–Kier alpha value is -1.45. The van der Waals surface area contributed by atoms with Crippen LogP contribution >= 0.6 is 0 Å². The van der Waals surface area contributed by atoms with E-state index in [2.05, 4.69) is 13.8 Å². The number of carbonyl (C=O) groups excluding carboxylic acids is 3. The molecule has 3 saturated carbocycles. The largest absolute Gasteiger partial charge is 0.458 e. The zero-order valence-electron chi connectivity index (χ0n) is 15.5. The van der Waals surface area contributed by atoms with Crippen LogP contribution in [0.25, 0.3) is 0 Å². The molecule has 0 aliphatic heterocycles. The van der Waals surface area contributed by atoms with Crippen molar-refractivity contribution in [3.05, 3.63) is 11.6 Å². The van der Waals surface area contributed by atoms with Gasteiger partial charge in [0.25, 0.3) is 0 Å². The smallest absolute Gasteiger partial charge is 0.303 e. The van der Waals surface area contributed by atoms with Crippen molar-refractivity contribution < 1.29 is 19.1 Å². The molecule has 4 heteroatoms. The quantitative estimate of drug-likeness (QED) is 0.682. The van der Waals surface area contributed by atoms with Crippen LogP contribution in [0.15, 0.2) is 11.6 Å². The SMILES string of the molecule is CC(=O)O[C@H]1C[C@@H]2[C@@H]3CCC(=O)[C@]3(C)CC[C@@H]2[C@]2(C)CCC(=O)C=C12. The number of Topliss-reactive ketones (excluding diaryl/α,β-unsaturated/α-hetero) is 1. The first kappa shape index (κ1) is 17.0. The second-order valence-corrected chi connectivity index (χ2v) is 9.11. The summed E-state index contributed by atoms with van der Waals surface area (Å²) in [7, 11) is 0. The summed E-state index contributed by atoms with van der Waals surface area (Å²) in [5.74, 6) is 1.58. The van der Waals surface area contributed by atoms with Crippen LogP contribution in [0.1, 0.15) is 65.7 Å². The third-order valence-electron chi connectivity index (χ3n) is 7.97. The Kier molecular flexibility index (Phi) is 3.75. The Bertz CT molecular complexity index is 677. The molecule has 4 aliphatic carbocycles. The molecule has 0 spiro atoms. The highest BCUT2D eigenvalue weighted by Crippen LogP contribution is 2.64. The topological polar surface area (TPSA) is 60.4 Å². The van der Waals surface area contributed by atoms with E-state index in [0.29, 0.717) is 36.4 Å². The molecule has 4 nitrogen and oxygen atoms in total. The summed E-state index contributed by atoms with van der Waals surface area (Å²) in [6.45, 7) is 5.86. The van der Waals surface area contributed by atoms with Gasteiger partial charge < -0.3 is 4.74 Å². The molecule has 0 bridgehead atoms. The van der Waals surface area contributed by atoms with Crippen LogP contribution in [0.2, 0.25) is 0 Å². The van der Waals surface area contributed by atoms with Crippen LogP contribution in [0.4, 0.5) is 0 Å². The molecule has 4 rings (SSSR count). The van der Waals surface area contributed by atoms with Gasteiger partial charge >= 0.3 is 5.97 Å². The number of ketones is 2. The average Bonchev–Trinajstić information content (AvgIpc) is 2.84. The fourth-order valence-corrected chi connectivity index (χ4v) is 6.66. The molecule has 0 radical (unpaired) electrons. The summed E-state index contributed by atoms with van der Waals surface area (Å²) >= 11 is 0. The summed E-state index contributed by atoms with van der Waals surface area (Å²) < 4.78 is 5.69. The monoisotopic (exact) mass is 344 g/mol. The van der Waals surface area contributed by atoms with Crippen molar-refractivity contribution in [2.24, 2.45) is 28.6 Å². The van der Waals surface area contributed by atoms with Crippen molar-refractivity contribution in [1.29, 1.82) is 0 Å². The van der Waals surface area contributed by atoms with Gasteiger partial charge in [0.15, 0.2) is 5.78 Å². The van der Waals surface area contributed by atoms with Crippen LogP contribution in [0, 0.1) is 28.6 Å². The summed E-state index contributed by atoms with van der Waals surface area (Å²) in [4.78, 5) is 36.3. The van der Waals surface area contributed by atoms with Crippen molar-refractivity contribution in [3.63, 3.8) is 0 Å². The molecule has 0 heterocycles. The normalized spacial score (nSPS) is 46.0. The standard InChI is InChI=1S/C21H28O4/c1-12(22)25-18-11-14-15-4-5-19(24)21(15,3)9-7-16(14)20(2)8-6-13(23)10-17(18)20/h10,14-16,18H,4-9,11H2,1-3H3/t14-,15+,16+,18+,20+,21-/m1/s1. The lowest BCUT2D eigenvalue weighted by atomic mass is 9.47. The molecule has 3 fully saturated rings. The van der Waals surface area contributed by atoms with E-state index in [1.165, 1.54) is 6.92 Å². The highest BCUT2D eigenvalue weighted by atomic mass is 16.5. The zero-order chi connectivity index (χ0) is 18.0. The molecule has 4 aliphatic rings. The van der Waals surface area contributed by atoms with Gasteiger partial charge in [-0.15, -0.1) is 0 Å². The second kappa shape index (κ2) is 5.52. The van der Waals surface area contributed by atoms with Gasteiger partial charge in [0, 0.05) is 25.2 Å². The van der Waals surface area contributed by atoms with Crippen LogP contribution in [-0.2, 0) is 19.1 Å². The van der Waals surface area contributed by atoms with Gasteiger partial charge in [0.05, 0.1) is 0 Å². The molecule has 0 N–H and O–H groups in total. The number of hydrogen-bond donors (Lipinski definition) is 0. The molecule has 136 valence electrons. The minimum atomic E-state index is -0.300. The molecule has 25 heavy (non-hydrogen) atoms. The summed E-state index contributed by atoms with van der Waals surface area (Å²) in [6.07, 6.45) is 7.33. The summed E-state index contributed by atoms with van der Waals surface area (Å²) in [5, 5.41) is 0. The first-order valence-corrected chi connectivity index (χ1v) is 9.71. The molecule has 0 aromatic rings. The number of rotatable bonds is 1. The highest BCUT2D eigenvalue weighted by Gasteiger charge is 2.61. The van der Waals surface area contributed by atoms with E-state index < -0.39 is 0 Å². The van der Waals surface area contributed by atoms with Crippen LogP contribution in [0.5, 0.6) is 0 Å². The minimum absolute atomic E-state index is 0.0795. The molecular weight excluding hydrogens is 316 g/mol. The van der Waals surface area contributed by atoms with Crippen LogP contribution in [0.3, 0.4) is 0 Å². The first-order valence-electron chi connectivity index (χ1n) is 9.71. The Morgan fingerprint density at radius 1 is 1.08 bits per heavy atom. The first-order chi connectivity index (χ1) is 11.8. The van der Waals surface area contributed by atoms with Gasteiger partial charge in [-0.25, -0.2) is 0 Å². The van der Waals surface area contributed by atoms with Crippen molar-refractivity contribution in [3.8, 4) is 0 Å². The van der Waals surface area contributed by atoms with Gasteiger partial charge in [-0.2, -0.15) is 0 Å². The minimum Gasteiger partial charge on any atom is -0.458 e. The Morgan fingerprint density at radius 2 is 1.80 bits per heavy atom. The van der Waals surface area contributed by atoms with Gasteiger partial charge in [-0.3, -0.25) is 14.4 Å². The van der Waals surface area contributed by atoms with Gasteiger partial charge in [0.1, 0.15) is 11.9 Å². The van der Waals surface area contributed by atoms with E-state index in [9.17, 15) is 14.4 Å². The van der Waals surface area contributed by atoms with Crippen LogP contribution < -0.4 is 0 Å². The van der Waals surface area contributed by atoms with E-state index in [4.69, 9.17) is 4.74 Å². The van der Waals surface area contributed by atoms with E-state index in [1.54, 1.807) is 6.08 Å². The maximum absolute atomic E-state index is 12.5. The fraction of sp³-hybridized carbons (Fsp3) is 0.762. The summed E-state index contributed by atoms with van der Waals surface area (Å²) in [6, 6.07) is 0. The third kappa shape index (κ3) is 2.36. The molecule has 0 amide bonds. The number of fused-ring (bicyclic) bond motifs is 5. The number of carbonyl (C=O) groups is 3. The maximum Gasteiger partial charge on any atom is 0.303 e. The molecule has 0 aromatic heterocycles. The number of hydrogen-bond acceptors (Lipinski definition) is 4. The maximum atomic E-state index is 12.5. The van der Waals surface area contributed by atoms with E-state index in [-0.39, 0.29) is 28.7 Å². The van der Waals surface area contributed by atoms with Crippen molar-refractivity contribution in [2.45, 2.75) is 71.8 Å². The Labute approximate surface area is 149 Å². The molecule has 0 unspecified atom stereocenters. The molecular formula is C21H28O4. The lowest BCUT2D eigenvalue weighted by Crippen LogP contribution is -2.54. The number of ether oxygens (including phenoxy) is 1. The second-order valence-electron chi connectivity index (χ2n) is 9.11. The lowest BCUT2D eigenvalue weighted by Gasteiger charge is -2.58. The fourth-order valence-electron chi connectivity index (χ4n) is 6.66. The van der Waals surface area contributed by atoms with E-state index in [1.807, 2.05) is 0 Å². The third-order valence-corrected chi connectivity index (χ3v) is 7.97. The van der Waals surface area contributed by atoms with Crippen molar-refractivity contribution in [1.82, 2.24) is 0 Å². The van der Waals surface area contributed by atoms with Gasteiger partial charge in [-0.1, -0.05) is 13.8 Å². The van der Waals surface area contributed by atoms with Gasteiger partial charge in [-0.05, 0) is 66.9 Å². The Balaban J connectivity index is 1.75. The van der Waals surface area contributed by atoms with Crippen molar-refractivity contribution >= 4 is 17.5 Å². The molecule has 0 aromatic carbocycles. The predicted octanol–water partition coefficient (Wildman–Crippen LogP) is 3.63. The zero-order valence-corrected chi connectivity index (χ0v) is 15.5.